The van der Waals surface area contributed by atoms with Gasteiger partial charge >= 0.3 is 0 Å². The van der Waals surface area contributed by atoms with Gasteiger partial charge in [0.2, 0.25) is 0 Å². The maximum Gasteiger partial charge on any atom is 0.275 e. The van der Waals surface area contributed by atoms with Crippen molar-refractivity contribution in [3.8, 4) is 17.2 Å². The highest BCUT2D eigenvalue weighted by Gasteiger charge is 2.14. The number of amides is 1. The first-order valence-corrected chi connectivity index (χ1v) is 12.6. The number of fused-ring (bicyclic) bond motifs is 1. The van der Waals surface area contributed by atoms with Gasteiger partial charge in [-0.1, -0.05) is 54.1 Å². The SMILES string of the molecule is CCOc1cc(/C=N\NC(=O)c2cc3ccccc3cc2OC)cc(I)c1OCc1cccc(C)c1. The Balaban J connectivity index is 1.50. The summed E-state index contributed by atoms with van der Waals surface area (Å²) in [5, 5.41) is 6.11. The Morgan fingerprint density at radius 3 is 2.47 bits per heavy atom. The van der Waals surface area contributed by atoms with Crippen LogP contribution in [0.15, 0.2) is 77.9 Å². The van der Waals surface area contributed by atoms with E-state index in [-0.39, 0.29) is 5.91 Å². The summed E-state index contributed by atoms with van der Waals surface area (Å²) < 4.78 is 18.3. The van der Waals surface area contributed by atoms with Gasteiger partial charge in [-0.15, -0.1) is 0 Å². The number of aryl methyl sites for hydroxylation is 1. The molecule has 0 radical (unpaired) electrons. The summed E-state index contributed by atoms with van der Waals surface area (Å²) >= 11 is 2.22. The molecule has 7 heteroatoms. The van der Waals surface area contributed by atoms with E-state index in [0.29, 0.717) is 36.0 Å². The molecule has 0 aliphatic carbocycles. The normalized spacial score (nSPS) is 11.0. The van der Waals surface area contributed by atoms with Crippen LogP contribution in [0, 0.1) is 10.5 Å². The number of rotatable bonds is 9. The molecule has 4 rings (SSSR count). The monoisotopic (exact) mass is 594 g/mol. The Hall–Kier alpha value is -3.59. The highest BCUT2D eigenvalue weighted by molar-refractivity contribution is 14.1. The third-order valence-corrected chi connectivity index (χ3v) is 6.29. The molecular weight excluding hydrogens is 567 g/mol. The van der Waals surface area contributed by atoms with Gasteiger partial charge < -0.3 is 14.2 Å². The van der Waals surface area contributed by atoms with E-state index in [1.807, 2.05) is 61.5 Å². The second kappa shape index (κ2) is 11.9. The first-order chi connectivity index (χ1) is 17.5. The van der Waals surface area contributed by atoms with Crippen LogP contribution in [0.1, 0.15) is 34.0 Å². The summed E-state index contributed by atoms with van der Waals surface area (Å²) in [6, 6.07) is 23.4. The van der Waals surface area contributed by atoms with E-state index in [1.54, 1.807) is 19.4 Å². The summed E-state index contributed by atoms with van der Waals surface area (Å²) in [4.78, 5) is 12.8. The molecule has 0 saturated carbocycles. The molecule has 0 atom stereocenters. The van der Waals surface area contributed by atoms with Gasteiger partial charge in [0.1, 0.15) is 12.4 Å². The van der Waals surface area contributed by atoms with Crippen LogP contribution in [-0.4, -0.2) is 25.8 Å². The molecule has 4 aromatic rings. The Kier molecular flexibility index (Phi) is 8.43. The zero-order chi connectivity index (χ0) is 25.5. The van der Waals surface area contributed by atoms with Crippen molar-refractivity contribution in [3.05, 3.63) is 98.6 Å². The van der Waals surface area contributed by atoms with Crippen LogP contribution in [0.2, 0.25) is 0 Å². The quantitative estimate of drug-likeness (QED) is 0.137. The van der Waals surface area contributed by atoms with E-state index in [4.69, 9.17) is 14.2 Å². The lowest BCUT2D eigenvalue weighted by molar-refractivity contribution is 0.0952. The lowest BCUT2D eigenvalue weighted by Gasteiger charge is -2.15. The maximum atomic E-state index is 12.8. The first-order valence-electron chi connectivity index (χ1n) is 11.5. The van der Waals surface area contributed by atoms with E-state index in [9.17, 15) is 4.79 Å². The number of benzene rings is 4. The minimum absolute atomic E-state index is 0.355. The van der Waals surface area contributed by atoms with Crippen molar-refractivity contribution in [1.82, 2.24) is 5.43 Å². The van der Waals surface area contributed by atoms with E-state index < -0.39 is 0 Å². The van der Waals surface area contributed by atoms with Crippen molar-refractivity contribution in [2.75, 3.05) is 13.7 Å². The standard InChI is InChI=1S/C29H27IN2O4/c1-4-35-27-14-21(13-25(30)28(27)36-18-20-9-7-8-19(2)12-20)17-31-32-29(33)24-15-22-10-5-6-11-23(22)16-26(24)34-3/h5-17H,4,18H2,1-3H3,(H,32,33)/b31-17-. The maximum absolute atomic E-state index is 12.8. The molecule has 0 aromatic heterocycles. The minimum atomic E-state index is -0.355. The third-order valence-electron chi connectivity index (χ3n) is 5.49. The van der Waals surface area contributed by atoms with Crippen LogP contribution in [0.4, 0.5) is 0 Å². The number of carbonyl (C=O) groups is 1. The van der Waals surface area contributed by atoms with Gasteiger partial charge in [0.15, 0.2) is 11.5 Å². The molecule has 0 spiro atoms. The first kappa shape index (κ1) is 25.5. The fourth-order valence-corrected chi connectivity index (χ4v) is 4.60. The fraction of sp³-hybridized carbons (Fsp3) is 0.172. The predicted molar refractivity (Wildman–Crippen MR) is 151 cm³/mol. The molecular formula is C29H27IN2O4. The molecule has 184 valence electrons. The highest BCUT2D eigenvalue weighted by Crippen LogP contribution is 2.34. The number of nitrogens with one attached hydrogen (secondary N) is 1. The van der Waals surface area contributed by atoms with Crippen molar-refractivity contribution in [2.24, 2.45) is 5.10 Å². The van der Waals surface area contributed by atoms with Crippen LogP contribution in [0.3, 0.4) is 0 Å². The summed E-state index contributed by atoms with van der Waals surface area (Å²) in [7, 11) is 1.55. The van der Waals surface area contributed by atoms with E-state index in [1.165, 1.54) is 5.56 Å². The molecule has 0 heterocycles. The predicted octanol–water partition coefficient (Wildman–Crippen LogP) is 6.50. The molecule has 6 nitrogen and oxygen atoms in total. The third kappa shape index (κ3) is 6.15. The fourth-order valence-electron chi connectivity index (χ4n) is 3.81. The van der Waals surface area contributed by atoms with E-state index >= 15 is 0 Å². The van der Waals surface area contributed by atoms with Crippen molar-refractivity contribution in [1.29, 1.82) is 0 Å². The Morgan fingerprint density at radius 2 is 1.75 bits per heavy atom. The second-order valence-electron chi connectivity index (χ2n) is 8.14. The number of ether oxygens (including phenoxy) is 3. The van der Waals surface area contributed by atoms with Crippen LogP contribution in [-0.2, 0) is 6.61 Å². The second-order valence-corrected chi connectivity index (χ2v) is 9.30. The van der Waals surface area contributed by atoms with E-state index in [2.05, 4.69) is 52.2 Å². The summed E-state index contributed by atoms with van der Waals surface area (Å²) in [5.41, 5.74) is 6.06. The molecule has 0 unspecified atom stereocenters. The van der Waals surface area contributed by atoms with Gasteiger partial charge in [0.25, 0.3) is 5.91 Å². The molecule has 4 aromatic carbocycles. The lowest BCUT2D eigenvalue weighted by Crippen LogP contribution is -2.18. The van der Waals surface area contributed by atoms with Crippen molar-refractivity contribution >= 4 is 45.5 Å². The number of hydrogen-bond acceptors (Lipinski definition) is 5. The Labute approximate surface area is 224 Å². The number of nitrogens with zero attached hydrogens (tertiary/aromatic N) is 1. The number of carbonyl (C=O) groups excluding carboxylic acids is 1. The van der Waals surface area contributed by atoms with Gasteiger partial charge in [-0.3, -0.25) is 4.79 Å². The number of hydrogen-bond donors (Lipinski definition) is 1. The average molecular weight is 594 g/mol. The zero-order valence-corrected chi connectivity index (χ0v) is 22.5. The van der Waals surface area contributed by atoms with E-state index in [0.717, 1.165) is 25.5 Å². The van der Waals surface area contributed by atoms with Crippen LogP contribution < -0.4 is 19.6 Å². The number of hydrazone groups is 1. The zero-order valence-electron chi connectivity index (χ0n) is 20.4. The Bertz CT molecular complexity index is 1420. The van der Waals surface area contributed by atoms with Gasteiger partial charge in [0.05, 0.1) is 29.1 Å². The molecule has 0 saturated heterocycles. The van der Waals surface area contributed by atoms with Gasteiger partial charge in [-0.2, -0.15) is 5.10 Å². The van der Waals surface area contributed by atoms with Crippen molar-refractivity contribution in [3.63, 3.8) is 0 Å². The molecule has 1 N–H and O–H groups in total. The van der Waals surface area contributed by atoms with Crippen LogP contribution >= 0.6 is 22.6 Å². The molecule has 36 heavy (non-hydrogen) atoms. The summed E-state index contributed by atoms with van der Waals surface area (Å²) in [5.74, 6) is 1.44. The molecule has 0 aliphatic heterocycles. The van der Waals surface area contributed by atoms with Crippen LogP contribution in [0.25, 0.3) is 10.8 Å². The molecule has 1 amide bonds. The summed E-state index contributed by atoms with van der Waals surface area (Å²) in [6.07, 6.45) is 1.58. The average Bonchev–Trinajstić information content (AvgIpc) is 2.87. The van der Waals surface area contributed by atoms with Crippen molar-refractivity contribution < 1.29 is 19.0 Å². The van der Waals surface area contributed by atoms with Gasteiger partial charge in [0, 0.05) is 0 Å². The highest BCUT2D eigenvalue weighted by atomic mass is 127. The number of halogens is 1. The Morgan fingerprint density at radius 1 is 0.972 bits per heavy atom. The largest absolute Gasteiger partial charge is 0.496 e. The van der Waals surface area contributed by atoms with Crippen LogP contribution in [0.5, 0.6) is 17.2 Å². The molecule has 0 bridgehead atoms. The molecule has 0 fully saturated rings. The lowest BCUT2D eigenvalue weighted by atomic mass is 10.1. The minimum Gasteiger partial charge on any atom is -0.496 e. The summed E-state index contributed by atoms with van der Waals surface area (Å²) in [6.45, 7) is 4.92. The van der Waals surface area contributed by atoms with Crippen molar-refractivity contribution in [2.45, 2.75) is 20.5 Å². The topological polar surface area (TPSA) is 69.2 Å². The number of methoxy groups -OCH3 is 1. The molecule has 0 aliphatic rings. The van der Waals surface area contributed by atoms with Gasteiger partial charge in [-0.05, 0) is 82.6 Å². The van der Waals surface area contributed by atoms with Gasteiger partial charge in [-0.25, -0.2) is 5.43 Å². The smallest absolute Gasteiger partial charge is 0.275 e.